The second kappa shape index (κ2) is 7.54. The summed E-state index contributed by atoms with van der Waals surface area (Å²) in [5.41, 5.74) is 1.53. The molecule has 0 bridgehead atoms. The van der Waals surface area contributed by atoms with Crippen LogP contribution >= 0.6 is 23.1 Å². The van der Waals surface area contributed by atoms with Crippen LogP contribution in [0, 0.1) is 0 Å². The van der Waals surface area contributed by atoms with Crippen molar-refractivity contribution in [1.82, 2.24) is 9.29 Å². The van der Waals surface area contributed by atoms with Gasteiger partial charge in [-0.15, -0.1) is 23.1 Å². The molecular weight excluding hydrogens is 402 g/mol. The first-order valence-electron chi connectivity index (χ1n) is 8.99. The van der Waals surface area contributed by atoms with Crippen LogP contribution in [0.1, 0.15) is 40.7 Å². The van der Waals surface area contributed by atoms with E-state index in [2.05, 4.69) is 17.2 Å². The molecule has 1 N–H and O–H groups in total. The number of carbonyl (C=O) groups excluding carboxylic acids is 1. The van der Waals surface area contributed by atoms with Gasteiger partial charge in [-0.3, -0.25) is 10.1 Å². The standard InChI is InChI=1S/C18H21N3O3S3/c1-2-25-15-6-4-3-5-13(15)17(22)20-18-19-14-9-10-21(11-16(14)26-18)27(23,24)12-7-8-12/h3-6,12H,2,7-11H2,1H3,(H,19,20,22). The molecule has 0 spiro atoms. The molecule has 2 aromatic rings. The van der Waals surface area contributed by atoms with E-state index in [0.29, 0.717) is 30.2 Å². The third-order valence-corrected chi connectivity index (χ3v) is 8.95. The number of carbonyl (C=O) groups is 1. The second-order valence-corrected chi connectivity index (χ2v) is 11.2. The Hall–Kier alpha value is -1.42. The molecule has 27 heavy (non-hydrogen) atoms. The first-order chi connectivity index (χ1) is 13.0. The van der Waals surface area contributed by atoms with Crippen molar-refractivity contribution < 1.29 is 13.2 Å². The minimum atomic E-state index is -3.18. The van der Waals surface area contributed by atoms with E-state index >= 15 is 0 Å². The Morgan fingerprint density at radius 1 is 1.37 bits per heavy atom. The van der Waals surface area contributed by atoms with E-state index in [4.69, 9.17) is 0 Å². The van der Waals surface area contributed by atoms with Gasteiger partial charge >= 0.3 is 0 Å². The quantitative estimate of drug-likeness (QED) is 0.721. The molecule has 1 aromatic heterocycles. The molecule has 0 saturated heterocycles. The van der Waals surface area contributed by atoms with Crippen LogP contribution in [-0.4, -0.2) is 41.2 Å². The first-order valence-corrected chi connectivity index (χ1v) is 12.3. The van der Waals surface area contributed by atoms with Crippen LogP contribution in [0.3, 0.4) is 0 Å². The van der Waals surface area contributed by atoms with E-state index in [1.54, 1.807) is 16.1 Å². The van der Waals surface area contributed by atoms with Crippen LogP contribution < -0.4 is 5.32 Å². The molecule has 0 atom stereocenters. The number of thioether (sulfide) groups is 1. The van der Waals surface area contributed by atoms with Crippen LogP contribution in [-0.2, 0) is 23.0 Å². The van der Waals surface area contributed by atoms with E-state index in [-0.39, 0.29) is 11.2 Å². The van der Waals surface area contributed by atoms with Crippen LogP contribution in [0.4, 0.5) is 5.13 Å². The fraction of sp³-hybridized carbons (Fsp3) is 0.444. The highest BCUT2D eigenvalue weighted by Crippen LogP contribution is 2.36. The number of rotatable bonds is 6. The number of thiazole rings is 1. The van der Waals surface area contributed by atoms with Crippen LogP contribution in [0.5, 0.6) is 0 Å². The lowest BCUT2D eigenvalue weighted by atomic mass is 10.2. The maximum Gasteiger partial charge on any atom is 0.258 e. The summed E-state index contributed by atoms with van der Waals surface area (Å²) in [4.78, 5) is 19.1. The van der Waals surface area contributed by atoms with Gasteiger partial charge in [-0.25, -0.2) is 13.4 Å². The number of nitrogens with one attached hydrogen (secondary N) is 1. The van der Waals surface area contributed by atoms with Gasteiger partial charge < -0.3 is 0 Å². The lowest BCUT2D eigenvalue weighted by molar-refractivity contribution is 0.102. The number of hydrogen-bond donors (Lipinski definition) is 1. The van der Waals surface area contributed by atoms with Crippen LogP contribution in [0.25, 0.3) is 0 Å². The highest BCUT2D eigenvalue weighted by atomic mass is 32.2. The molecule has 1 fully saturated rings. The van der Waals surface area contributed by atoms with Crippen molar-refractivity contribution in [2.75, 3.05) is 17.6 Å². The molecule has 6 nitrogen and oxygen atoms in total. The molecule has 1 saturated carbocycles. The molecule has 1 aliphatic carbocycles. The molecule has 1 aliphatic heterocycles. The Labute approximate surface area is 167 Å². The topological polar surface area (TPSA) is 79.4 Å². The Kier molecular flexibility index (Phi) is 5.28. The van der Waals surface area contributed by atoms with E-state index < -0.39 is 10.0 Å². The first kappa shape index (κ1) is 18.9. The van der Waals surface area contributed by atoms with E-state index in [1.165, 1.54) is 11.3 Å². The van der Waals surface area contributed by atoms with Gasteiger partial charge in [0.2, 0.25) is 10.0 Å². The van der Waals surface area contributed by atoms with Gasteiger partial charge in [0.15, 0.2) is 5.13 Å². The minimum absolute atomic E-state index is 0.180. The summed E-state index contributed by atoms with van der Waals surface area (Å²) < 4.78 is 26.5. The highest BCUT2D eigenvalue weighted by Gasteiger charge is 2.41. The second-order valence-electron chi connectivity index (χ2n) is 6.60. The molecule has 4 rings (SSSR count). The largest absolute Gasteiger partial charge is 0.298 e. The molecule has 1 amide bonds. The SMILES string of the molecule is CCSc1ccccc1C(=O)Nc1nc2c(s1)CN(S(=O)(=O)C1CC1)CC2. The number of benzene rings is 1. The van der Waals surface area contributed by atoms with E-state index in [9.17, 15) is 13.2 Å². The summed E-state index contributed by atoms with van der Waals surface area (Å²) in [7, 11) is -3.18. The number of sulfonamides is 1. The lowest BCUT2D eigenvalue weighted by Gasteiger charge is -2.25. The molecule has 144 valence electrons. The zero-order chi connectivity index (χ0) is 19.0. The average molecular weight is 424 g/mol. The van der Waals surface area contributed by atoms with Gasteiger partial charge in [0.25, 0.3) is 5.91 Å². The Morgan fingerprint density at radius 2 is 2.15 bits per heavy atom. The Balaban J connectivity index is 1.49. The number of fused-ring (bicyclic) bond motifs is 1. The lowest BCUT2D eigenvalue weighted by Crippen LogP contribution is -2.37. The van der Waals surface area contributed by atoms with Crippen molar-refractivity contribution >= 4 is 44.2 Å². The van der Waals surface area contributed by atoms with Gasteiger partial charge in [-0.1, -0.05) is 19.1 Å². The normalized spacial score (nSPS) is 17.5. The third-order valence-electron chi connectivity index (χ3n) is 4.65. The maximum atomic E-state index is 12.7. The van der Waals surface area contributed by atoms with E-state index in [1.807, 2.05) is 24.3 Å². The number of aromatic nitrogens is 1. The summed E-state index contributed by atoms with van der Waals surface area (Å²) in [5.74, 6) is 0.710. The number of hydrogen-bond acceptors (Lipinski definition) is 6. The summed E-state index contributed by atoms with van der Waals surface area (Å²) in [6, 6.07) is 7.52. The van der Waals surface area contributed by atoms with Gasteiger partial charge in [0.1, 0.15) is 0 Å². The molecule has 9 heteroatoms. The summed E-state index contributed by atoms with van der Waals surface area (Å²) in [6.45, 7) is 2.89. The predicted octanol–water partition coefficient (Wildman–Crippen LogP) is 3.36. The summed E-state index contributed by atoms with van der Waals surface area (Å²) in [5, 5.41) is 3.23. The summed E-state index contributed by atoms with van der Waals surface area (Å²) in [6.07, 6.45) is 2.13. The van der Waals surface area contributed by atoms with Gasteiger partial charge in [0, 0.05) is 29.3 Å². The zero-order valence-corrected chi connectivity index (χ0v) is 17.4. The third kappa shape index (κ3) is 3.91. The van der Waals surface area contributed by atoms with Gasteiger partial charge in [0.05, 0.1) is 16.5 Å². The van der Waals surface area contributed by atoms with E-state index in [0.717, 1.165) is 34.1 Å². The molecule has 0 radical (unpaired) electrons. The number of nitrogens with zero attached hydrogens (tertiary/aromatic N) is 2. The fourth-order valence-electron chi connectivity index (χ4n) is 3.12. The smallest absolute Gasteiger partial charge is 0.258 e. The van der Waals surface area contributed by atoms with Crippen molar-refractivity contribution in [3.05, 3.63) is 40.4 Å². The van der Waals surface area contributed by atoms with Crippen LogP contribution in [0.2, 0.25) is 0 Å². The molecule has 0 unspecified atom stereocenters. The van der Waals surface area contributed by atoms with Crippen molar-refractivity contribution in [1.29, 1.82) is 0 Å². The van der Waals surface area contributed by atoms with Crippen LogP contribution in [0.15, 0.2) is 29.2 Å². The monoisotopic (exact) mass is 423 g/mol. The number of amides is 1. The highest BCUT2D eigenvalue weighted by molar-refractivity contribution is 7.99. The van der Waals surface area contributed by atoms with Gasteiger partial charge in [-0.2, -0.15) is 4.31 Å². The zero-order valence-electron chi connectivity index (χ0n) is 15.0. The van der Waals surface area contributed by atoms with Crippen molar-refractivity contribution in [3.8, 4) is 0 Å². The Morgan fingerprint density at radius 3 is 2.89 bits per heavy atom. The molecule has 1 aromatic carbocycles. The molecule has 2 aliphatic rings. The van der Waals surface area contributed by atoms with Gasteiger partial charge in [-0.05, 0) is 30.7 Å². The average Bonchev–Trinajstić information content (AvgIpc) is 3.43. The fourth-order valence-corrected chi connectivity index (χ4v) is 6.83. The predicted molar refractivity (Wildman–Crippen MR) is 109 cm³/mol. The summed E-state index contributed by atoms with van der Waals surface area (Å²) >= 11 is 3.00. The maximum absolute atomic E-state index is 12.7. The molecule has 2 heterocycles. The van der Waals surface area contributed by atoms with Crippen molar-refractivity contribution in [2.45, 2.75) is 42.9 Å². The number of anilines is 1. The molecular formula is C18H21N3O3S3. The Bertz CT molecular complexity index is 967. The minimum Gasteiger partial charge on any atom is -0.298 e. The van der Waals surface area contributed by atoms with Crippen molar-refractivity contribution in [2.24, 2.45) is 0 Å². The van der Waals surface area contributed by atoms with Crippen molar-refractivity contribution in [3.63, 3.8) is 0 Å².